The van der Waals surface area contributed by atoms with Crippen LogP contribution in [0.4, 0.5) is 0 Å². The summed E-state index contributed by atoms with van der Waals surface area (Å²) in [6, 6.07) is 0. The average molecular weight is 228 g/mol. The predicted molar refractivity (Wildman–Crippen MR) is 63.0 cm³/mol. The Morgan fingerprint density at radius 1 is 1.47 bits per heavy atom. The molecule has 3 nitrogen and oxygen atoms in total. The normalized spacial score (nSPS) is 12.6. The predicted octanol–water partition coefficient (Wildman–Crippen LogP) is 1.57. The van der Waals surface area contributed by atoms with Crippen LogP contribution in [-0.4, -0.2) is 31.9 Å². The molecule has 0 aromatic heterocycles. The van der Waals surface area contributed by atoms with E-state index >= 15 is 0 Å². The van der Waals surface area contributed by atoms with Crippen LogP contribution in [0.25, 0.3) is 0 Å². The molecule has 0 bridgehead atoms. The Morgan fingerprint density at radius 2 is 2.07 bits per heavy atom. The monoisotopic (exact) mass is 228 g/mol. The molecule has 15 heavy (non-hydrogen) atoms. The Hall–Kier alpha value is -0.793. The van der Waals surface area contributed by atoms with Gasteiger partial charge in [0.05, 0.1) is 6.10 Å². The third-order valence-corrected chi connectivity index (χ3v) is 2.47. The lowest BCUT2D eigenvalue weighted by molar-refractivity contribution is -0.143. The number of rotatable bonds is 4. The summed E-state index contributed by atoms with van der Waals surface area (Å²) in [5.74, 6) is 2.70. The molecule has 0 aliphatic heterocycles. The summed E-state index contributed by atoms with van der Waals surface area (Å²) in [4.78, 5) is 10.5. The molecule has 4 heteroatoms. The number of aliphatic hydroxyl groups is 1. The van der Waals surface area contributed by atoms with E-state index in [0.29, 0.717) is 12.8 Å². The smallest absolute Gasteiger partial charge is 0.302 e. The maximum absolute atomic E-state index is 10.5. The molecule has 0 aromatic rings. The number of aliphatic hydroxyl groups excluding tert-OH is 1. The van der Waals surface area contributed by atoms with Crippen molar-refractivity contribution in [3.8, 4) is 11.5 Å². The minimum Gasteiger partial charge on any atom is -0.463 e. The second-order valence-electron chi connectivity index (χ2n) is 4.55. The number of carbonyl (C=O) groups excluding carboxylic acids is 1. The van der Waals surface area contributed by atoms with Crippen LogP contribution in [0.5, 0.6) is 0 Å². The van der Waals surface area contributed by atoms with Crippen molar-refractivity contribution in [1.82, 2.24) is 0 Å². The molecule has 1 atom stereocenters. The second-order valence-corrected chi connectivity index (χ2v) is 9.30. The Morgan fingerprint density at radius 3 is 2.53 bits per heavy atom. The van der Waals surface area contributed by atoms with Crippen LogP contribution in [0.15, 0.2) is 0 Å². The van der Waals surface area contributed by atoms with Crippen LogP contribution in [0.2, 0.25) is 19.6 Å². The van der Waals surface area contributed by atoms with Gasteiger partial charge < -0.3 is 9.84 Å². The van der Waals surface area contributed by atoms with E-state index in [1.54, 1.807) is 0 Å². The molecule has 0 radical (unpaired) electrons. The molecule has 86 valence electrons. The van der Waals surface area contributed by atoms with Crippen LogP contribution in [0, 0.1) is 11.5 Å². The number of hydrogen-bond donors (Lipinski definition) is 1. The van der Waals surface area contributed by atoms with Crippen molar-refractivity contribution in [2.45, 2.75) is 45.5 Å². The molecule has 0 saturated carbocycles. The van der Waals surface area contributed by atoms with Crippen LogP contribution in [-0.2, 0) is 9.53 Å². The Kier molecular flexibility index (Phi) is 6.30. The van der Waals surface area contributed by atoms with Gasteiger partial charge in [-0.15, -0.1) is 11.5 Å². The van der Waals surface area contributed by atoms with Gasteiger partial charge in [-0.2, -0.15) is 0 Å². The van der Waals surface area contributed by atoms with Gasteiger partial charge in [-0.1, -0.05) is 19.6 Å². The van der Waals surface area contributed by atoms with Gasteiger partial charge in [0.15, 0.2) is 0 Å². The molecule has 0 aliphatic rings. The van der Waals surface area contributed by atoms with E-state index in [-0.39, 0.29) is 12.6 Å². The lowest BCUT2D eigenvalue weighted by Crippen LogP contribution is -2.18. The molecule has 0 fully saturated rings. The molecule has 0 unspecified atom stereocenters. The maximum atomic E-state index is 10.5. The summed E-state index contributed by atoms with van der Waals surface area (Å²) in [5.41, 5.74) is 3.21. The van der Waals surface area contributed by atoms with Gasteiger partial charge in [-0.05, 0) is 6.42 Å². The third-order valence-electron chi connectivity index (χ3n) is 1.54. The van der Waals surface area contributed by atoms with Crippen LogP contribution in [0.3, 0.4) is 0 Å². The summed E-state index contributed by atoms with van der Waals surface area (Å²) in [5, 5.41) is 9.39. The maximum Gasteiger partial charge on any atom is 0.302 e. The van der Waals surface area contributed by atoms with E-state index in [2.05, 4.69) is 35.8 Å². The highest BCUT2D eigenvalue weighted by Crippen LogP contribution is 2.00. The highest BCUT2D eigenvalue weighted by molar-refractivity contribution is 6.83. The highest BCUT2D eigenvalue weighted by Gasteiger charge is 2.08. The van der Waals surface area contributed by atoms with Gasteiger partial charge in [-0.25, -0.2) is 0 Å². The van der Waals surface area contributed by atoms with E-state index in [1.807, 2.05) is 0 Å². The minimum atomic E-state index is -1.29. The molecule has 0 saturated heterocycles. The average Bonchev–Trinajstić information content (AvgIpc) is 2.07. The molecule has 0 amide bonds. The summed E-state index contributed by atoms with van der Waals surface area (Å²) in [6.07, 6.45) is 0.627. The fraction of sp³-hybridized carbons (Fsp3) is 0.727. The summed E-state index contributed by atoms with van der Waals surface area (Å²) in [7, 11) is -1.29. The number of hydrogen-bond acceptors (Lipinski definition) is 3. The Labute approximate surface area is 92.8 Å². The van der Waals surface area contributed by atoms with Crippen molar-refractivity contribution in [1.29, 1.82) is 0 Å². The summed E-state index contributed by atoms with van der Waals surface area (Å²) < 4.78 is 4.67. The van der Waals surface area contributed by atoms with Gasteiger partial charge in [0.2, 0.25) is 0 Å². The largest absolute Gasteiger partial charge is 0.463 e. The van der Waals surface area contributed by atoms with Gasteiger partial charge in [-0.3, -0.25) is 4.79 Å². The molecular formula is C11H20O3Si. The zero-order valence-electron chi connectivity index (χ0n) is 9.96. The van der Waals surface area contributed by atoms with Gasteiger partial charge in [0.25, 0.3) is 0 Å². The summed E-state index contributed by atoms with van der Waals surface area (Å²) in [6.45, 7) is 7.93. The molecule has 0 aromatic carbocycles. The zero-order valence-corrected chi connectivity index (χ0v) is 11.0. The molecule has 0 heterocycles. The SMILES string of the molecule is CC(=O)OC[C@@H](O)CCC#C[Si](C)(C)C. The molecule has 0 spiro atoms. The van der Waals surface area contributed by atoms with E-state index in [9.17, 15) is 9.90 Å². The fourth-order valence-corrected chi connectivity index (χ4v) is 1.52. The first-order valence-electron chi connectivity index (χ1n) is 5.13. The molecular weight excluding hydrogens is 208 g/mol. The highest BCUT2D eigenvalue weighted by atomic mass is 28.3. The second kappa shape index (κ2) is 6.65. The zero-order chi connectivity index (χ0) is 11.9. The van der Waals surface area contributed by atoms with E-state index in [1.165, 1.54) is 6.92 Å². The van der Waals surface area contributed by atoms with Crippen LogP contribution in [0.1, 0.15) is 19.8 Å². The van der Waals surface area contributed by atoms with Crippen molar-refractivity contribution in [3.05, 3.63) is 0 Å². The quantitative estimate of drug-likeness (QED) is 0.451. The first-order chi connectivity index (χ1) is 6.81. The number of carbonyl (C=O) groups is 1. The fourth-order valence-electron chi connectivity index (χ4n) is 0.863. The Balaban J connectivity index is 3.66. The van der Waals surface area contributed by atoms with E-state index in [0.717, 1.165) is 0 Å². The summed E-state index contributed by atoms with van der Waals surface area (Å²) >= 11 is 0. The molecule has 1 N–H and O–H groups in total. The van der Waals surface area contributed by atoms with Gasteiger partial charge in [0.1, 0.15) is 14.7 Å². The van der Waals surface area contributed by atoms with Crippen molar-refractivity contribution in [2.24, 2.45) is 0 Å². The lowest BCUT2D eigenvalue weighted by Gasteiger charge is -2.08. The van der Waals surface area contributed by atoms with Crippen molar-refractivity contribution in [3.63, 3.8) is 0 Å². The minimum absolute atomic E-state index is 0.0734. The lowest BCUT2D eigenvalue weighted by atomic mass is 10.2. The van der Waals surface area contributed by atoms with Gasteiger partial charge >= 0.3 is 5.97 Å². The third kappa shape index (κ3) is 11.1. The molecule has 0 rings (SSSR count). The van der Waals surface area contributed by atoms with Crippen LogP contribution >= 0.6 is 0 Å². The van der Waals surface area contributed by atoms with Crippen molar-refractivity contribution < 1.29 is 14.6 Å². The molecule has 0 aliphatic carbocycles. The Bertz CT molecular complexity index is 257. The van der Waals surface area contributed by atoms with Crippen LogP contribution < -0.4 is 0 Å². The van der Waals surface area contributed by atoms with E-state index < -0.39 is 14.2 Å². The van der Waals surface area contributed by atoms with Gasteiger partial charge in [0, 0.05) is 13.3 Å². The van der Waals surface area contributed by atoms with E-state index in [4.69, 9.17) is 0 Å². The first kappa shape index (κ1) is 14.2. The van der Waals surface area contributed by atoms with Crippen molar-refractivity contribution in [2.75, 3.05) is 6.61 Å². The number of ether oxygens (including phenoxy) is 1. The number of esters is 1. The first-order valence-corrected chi connectivity index (χ1v) is 8.63. The topological polar surface area (TPSA) is 46.5 Å². The standard InChI is InChI=1S/C11H20O3Si/c1-10(12)14-9-11(13)7-5-6-8-15(2,3)4/h11,13H,5,7,9H2,1-4H3/t11-/m0/s1. The van der Waals surface area contributed by atoms with Crippen molar-refractivity contribution >= 4 is 14.0 Å².